The van der Waals surface area contributed by atoms with Gasteiger partial charge in [0.1, 0.15) is 0 Å². The Morgan fingerprint density at radius 2 is 2.16 bits per heavy atom. The van der Waals surface area contributed by atoms with Gasteiger partial charge in [0, 0.05) is 26.1 Å². The third kappa shape index (κ3) is 5.78. The number of hydrogen-bond donors (Lipinski definition) is 2. The number of carbonyl (C=O) groups excluding carboxylic acids is 1. The van der Waals surface area contributed by atoms with Crippen LogP contribution in [0.2, 0.25) is 0 Å². The lowest BCUT2D eigenvalue weighted by molar-refractivity contribution is -0.202. The van der Waals surface area contributed by atoms with E-state index in [0.717, 1.165) is 38.8 Å². The van der Waals surface area contributed by atoms with E-state index in [1.807, 2.05) is 18.2 Å². The van der Waals surface area contributed by atoms with Gasteiger partial charge in [-0.05, 0) is 37.8 Å². The van der Waals surface area contributed by atoms with E-state index in [0.29, 0.717) is 19.6 Å². The topological polar surface area (TPSA) is 71.0 Å². The van der Waals surface area contributed by atoms with Gasteiger partial charge in [-0.2, -0.15) is 0 Å². The van der Waals surface area contributed by atoms with Crippen molar-refractivity contribution in [1.29, 1.82) is 0 Å². The molecule has 2 fully saturated rings. The lowest BCUT2D eigenvalue weighted by Gasteiger charge is -2.39. The molecule has 1 aromatic carbocycles. The number of nitrogens with one attached hydrogen (secondary N) is 1. The second-order valence-corrected chi connectivity index (χ2v) is 7.14. The van der Waals surface area contributed by atoms with Gasteiger partial charge in [-0.3, -0.25) is 9.69 Å². The van der Waals surface area contributed by atoms with Crippen molar-refractivity contribution >= 4 is 5.91 Å². The molecule has 2 aliphatic rings. The number of hydroxylamine groups is 1. The van der Waals surface area contributed by atoms with Crippen molar-refractivity contribution in [3.63, 3.8) is 0 Å². The summed E-state index contributed by atoms with van der Waals surface area (Å²) in [6.45, 7) is 2.89. The van der Waals surface area contributed by atoms with Gasteiger partial charge in [-0.1, -0.05) is 30.3 Å². The molecule has 1 aromatic rings. The van der Waals surface area contributed by atoms with Crippen LogP contribution in [0.5, 0.6) is 0 Å². The fourth-order valence-corrected chi connectivity index (χ4v) is 3.60. The van der Waals surface area contributed by atoms with Gasteiger partial charge in [0.25, 0.3) is 0 Å². The van der Waals surface area contributed by atoms with Crippen LogP contribution in [0.15, 0.2) is 30.3 Å². The van der Waals surface area contributed by atoms with Crippen LogP contribution in [0.25, 0.3) is 0 Å². The average Bonchev–Trinajstić information content (AvgIpc) is 2.61. The van der Waals surface area contributed by atoms with Gasteiger partial charge in [0.2, 0.25) is 5.91 Å². The SMILES string of the molecule is O=C(CC1(O)CCCN(Cc2ccccc2)C1)NOC1CCCCO1. The largest absolute Gasteiger partial charge is 0.388 e. The Kier molecular flexibility index (Phi) is 6.42. The number of aliphatic hydroxyl groups is 1. The molecule has 138 valence electrons. The Morgan fingerprint density at radius 1 is 1.32 bits per heavy atom. The first-order valence-electron chi connectivity index (χ1n) is 9.18. The molecule has 0 spiro atoms. The van der Waals surface area contributed by atoms with Gasteiger partial charge in [0.15, 0.2) is 6.29 Å². The summed E-state index contributed by atoms with van der Waals surface area (Å²) in [5.41, 5.74) is 2.66. The van der Waals surface area contributed by atoms with Crippen LogP contribution in [0.4, 0.5) is 0 Å². The van der Waals surface area contributed by atoms with E-state index in [4.69, 9.17) is 9.57 Å². The molecule has 2 atom stereocenters. The molecule has 25 heavy (non-hydrogen) atoms. The number of β-amino-alcohol motifs (C(OH)–C–C–N with tert-alkyl or cyclic N) is 1. The van der Waals surface area contributed by atoms with Crippen molar-refractivity contribution in [2.24, 2.45) is 0 Å². The molecule has 2 unspecified atom stereocenters. The van der Waals surface area contributed by atoms with E-state index < -0.39 is 5.60 Å². The van der Waals surface area contributed by atoms with Gasteiger partial charge >= 0.3 is 0 Å². The molecule has 6 heteroatoms. The molecular weight excluding hydrogens is 320 g/mol. The highest BCUT2D eigenvalue weighted by Crippen LogP contribution is 2.25. The van der Waals surface area contributed by atoms with Crippen molar-refractivity contribution in [3.05, 3.63) is 35.9 Å². The zero-order valence-corrected chi connectivity index (χ0v) is 14.7. The molecule has 2 saturated heterocycles. The minimum atomic E-state index is -1.01. The van der Waals surface area contributed by atoms with Crippen molar-refractivity contribution in [2.75, 3.05) is 19.7 Å². The van der Waals surface area contributed by atoms with Crippen LogP contribution in [0.3, 0.4) is 0 Å². The van der Waals surface area contributed by atoms with Crippen LogP contribution >= 0.6 is 0 Å². The highest BCUT2D eigenvalue weighted by molar-refractivity contribution is 5.76. The van der Waals surface area contributed by atoms with Crippen LogP contribution in [0, 0.1) is 0 Å². The first-order chi connectivity index (χ1) is 12.1. The molecule has 0 aromatic heterocycles. The quantitative estimate of drug-likeness (QED) is 0.769. The monoisotopic (exact) mass is 348 g/mol. The molecule has 3 rings (SSSR count). The summed E-state index contributed by atoms with van der Waals surface area (Å²) in [6.07, 6.45) is 4.05. The van der Waals surface area contributed by atoms with Crippen molar-refractivity contribution in [1.82, 2.24) is 10.4 Å². The van der Waals surface area contributed by atoms with Gasteiger partial charge < -0.3 is 9.84 Å². The fraction of sp³-hybridized carbons (Fsp3) is 0.632. The Hall–Kier alpha value is -1.47. The number of benzene rings is 1. The van der Waals surface area contributed by atoms with E-state index >= 15 is 0 Å². The zero-order valence-electron chi connectivity index (χ0n) is 14.7. The number of rotatable bonds is 6. The lowest BCUT2D eigenvalue weighted by atomic mass is 9.89. The molecule has 0 radical (unpaired) electrons. The van der Waals surface area contributed by atoms with Crippen LogP contribution < -0.4 is 5.48 Å². The molecule has 0 saturated carbocycles. The fourth-order valence-electron chi connectivity index (χ4n) is 3.60. The minimum Gasteiger partial charge on any atom is -0.388 e. The predicted octanol–water partition coefficient (Wildman–Crippen LogP) is 1.98. The number of piperidine rings is 1. The molecule has 6 nitrogen and oxygen atoms in total. The van der Waals surface area contributed by atoms with Gasteiger partial charge in [0.05, 0.1) is 12.0 Å². The third-order valence-electron chi connectivity index (χ3n) is 4.82. The smallest absolute Gasteiger partial charge is 0.246 e. The molecule has 2 aliphatic heterocycles. The molecule has 0 bridgehead atoms. The number of likely N-dealkylation sites (tertiary alicyclic amines) is 1. The van der Waals surface area contributed by atoms with E-state index in [2.05, 4.69) is 22.5 Å². The third-order valence-corrected chi connectivity index (χ3v) is 4.82. The maximum absolute atomic E-state index is 12.2. The van der Waals surface area contributed by atoms with Crippen LogP contribution in [-0.4, -0.2) is 47.5 Å². The second kappa shape index (κ2) is 8.76. The van der Waals surface area contributed by atoms with Gasteiger partial charge in [-0.25, -0.2) is 10.3 Å². The van der Waals surface area contributed by atoms with Gasteiger partial charge in [-0.15, -0.1) is 0 Å². The highest BCUT2D eigenvalue weighted by Gasteiger charge is 2.35. The Bertz CT molecular complexity index is 548. The Labute approximate surface area is 149 Å². The standard InChI is InChI=1S/C19H28N2O4/c22-17(20-25-18-9-4-5-12-24-18)13-19(23)10-6-11-21(15-19)14-16-7-2-1-3-8-16/h1-3,7-8,18,23H,4-6,9-15H2,(H,20,22). The summed E-state index contributed by atoms with van der Waals surface area (Å²) in [6, 6.07) is 10.2. The maximum atomic E-state index is 12.2. The molecule has 2 heterocycles. The Balaban J connectivity index is 1.45. The minimum absolute atomic E-state index is 0.0466. The highest BCUT2D eigenvalue weighted by atomic mass is 16.8. The van der Waals surface area contributed by atoms with E-state index in [9.17, 15) is 9.90 Å². The molecule has 1 amide bonds. The number of nitrogens with zero attached hydrogens (tertiary/aromatic N) is 1. The van der Waals surface area contributed by atoms with Crippen molar-refractivity contribution < 1.29 is 19.5 Å². The summed E-state index contributed by atoms with van der Waals surface area (Å²) >= 11 is 0. The zero-order chi connectivity index (χ0) is 17.5. The van der Waals surface area contributed by atoms with Crippen LogP contribution in [-0.2, 0) is 20.9 Å². The number of carbonyl (C=O) groups is 1. The van der Waals surface area contributed by atoms with E-state index in [1.54, 1.807) is 0 Å². The van der Waals surface area contributed by atoms with Crippen molar-refractivity contribution in [2.45, 2.75) is 57.0 Å². The number of amides is 1. The first-order valence-corrected chi connectivity index (χ1v) is 9.18. The van der Waals surface area contributed by atoms with Crippen LogP contribution in [0.1, 0.15) is 44.1 Å². The average molecular weight is 348 g/mol. The van der Waals surface area contributed by atoms with E-state index in [-0.39, 0.29) is 18.6 Å². The maximum Gasteiger partial charge on any atom is 0.246 e. The summed E-state index contributed by atoms with van der Waals surface area (Å²) in [5, 5.41) is 10.8. The molecule has 2 N–H and O–H groups in total. The predicted molar refractivity (Wildman–Crippen MR) is 93.3 cm³/mol. The summed E-state index contributed by atoms with van der Waals surface area (Å²) in [7, 11) is 0. The normalized spacial score (nSPS) is 27.8. The van der Waals surface area contributed by atoms with E-state index in [1.165, 1.54) is 5.56 Å². The molecular formula is C19H28N2O4. The summed E-state index contributed by atoms with van der Waals surface area (Å²) in [5.74, 6) is -0.293. The first kappa shape index (κ1) is 18.3. The summed E-state index contributed by atoms with van der Waals surface area (Å²) in [4.78, 5) is 19.7. The lowest BCUT2D eigenvalue weighted by Crippen LogP contribution is -2.50. The number of ether oxygens (including phenoxy) is 1. The van der Waals surface area contributed by atoms with Crippen molar-refractivity contribution in [3.8, 4) is 0 Å². The Morgan fingerprint density at radius 3 is 2.92 bits per heavy atom. The number of hydrogen-bond acceptors (Lipinski definition) is 5. The second-order valence-electron chi connectivity index (χ2n) is 7.14. The molecule has 0 aliphatic carbocycles. The summed E-state index contributed by atoms with van der Waals surface area (Å²) < 4.78 is 5.42.